The normalized spacial score (nSPS) is 11.8. The fraction of sp³-hybridized carbons (Fsp3) is 0. The van der Waals surface area contributed by atoms with E-state index in [1.807, 2.05) is 0 Å². The summed E-state index contributed by atoms with van der Waals surface area (Å²) in [4.78, 5) is -0.490. The molecule has 2 aromatic carbocycles. The minimum absolute atomic E-state index is 0.278. The van der Waals surface area contributed by atoms with E-state index in [1.165, 1.54) is 0 Å². The van der Waals surface area contributed by atoms with Crippen molar-refractivity contribution in [1.29, 1.82) is 0 Å². The van der Waals surface area contributed by atoms with E-state index in [1.54, 1.807) is 18.2 Å². The molecule has 0 aliphatic rings. The van der Waals surface area contributed by atoms with Crippen LogP contribution in [0.5, 0.6) is 5.75 Å². The van der Waals surface area contributed by atoms with Gasteiger partial charge >= 0.3 is 0 Å². The zero-order chi connectivity index (χ0) is 11.9. The van der Waals surface area contributed by atoms with Gasteiger partial charge in [0.1, 0.15) is 15.9 Å². The third kappa shape index (κ3) is 1.68. The van der Waals surface area contributed by atoms with Crippen molar-refractivity contribution in [1.82, 2.24) is 0 Å². The third-order valence-electron chi connectivity index (χ3n) is 2.27. The fourth-order valence-corrected chi connectivity index (χ4v) is 2.03. The second-order valence-corrected chi connectivity index (χ2v) is 4.72. The van der Waals surface area contributed by atoms with E-state index in [0.717, 1.165) is 12.1 Å². The van der Waals surface area contributed by atoms with E-state index >= 15 is 0 Å². The lowest BCUT2D eigenvalue weighted by Crippen LogP contribution is -1.99. The van der Waals surface area contributed by atoms with Crippen molar-refractivity contribution in [2.75, 3.05) is 5.73 Å². The van der Waals surface area contributed by atoms with E-state index in [2.05, 4.69) is 0 Å². The van der Waals surface area contributed by atoms with Gasteiger partial charge in [0.15, 0.2) is 0 Å². The van der Waals surface area contributed by atoms with Gasteiger partial charge in [0.2, 0.25) is 0 Å². The van der Waals surface area contributed by atoms with Crippen LogP contribution in [0.4, 0.5) is 5.69 Å². The molecule has 3 N–H and O–H groups in total. The zero-order valence-electron chi connectivity index (χ0n) is 8.04. The fourth-order valence-electron chi connectivity index (χ4n) is 1.51. The molecule has 0 aliphatic carbocycles. The number of phenols is 1. The van der Waals surface area contributed by atoms with Gasteiger partial charge in [-0.3, -0.25) is 0 Å². The molecule has 2 rings (SSSR count). The maximum absolute atomic E-state index is 10.8. The van der Waals surface area contributed by atoms with Gasteiger partial charge in [0.05, 0.1) is 4.90 Å². The smallest absolute Gasteiger partial charge is 0.124 e. The summed E-state index contributed by atoms with van der Waals surface area (Å²) in [5.74, 6) is -0.278. The molecule has 0 atom stereocenters. The van der Waals surface area contributed by atoms with Gasteiger partial charge in [-0.05, 0) is 18.2 Å². The number of nitrogens with two attached hydrogens (primary N) is 1. The first-order valence-electron chi connectivity index (χ1n) is 4.37. The topological polar surface area (TPSA) is 103 Å². The lowest BCUT2D eigenvalue weighted by Gasteiger charge is -2.10. The number of hydrogen-bond donors (Lipinski definition) is 2. The van der Waals surface area contributed by atoms with Crippen molar-refractivity contribution in [2.45, 2.75) is 4.90 Å². The number of rotatable bonds is 1. The Morgan fingerprint density at radius 2 is 1.88 bits per heavy atom. The molecule has 16 heavy (non-hydrogen) atoms. The summed E-state index contributed by atoms with van der Waals surface area (Å²) in [5, 5.41) is 10.3. The molecule has 2 aromatic rings. The Morgan fingerprint density at radius 1 is 1.19 bits per heavy atom. The standard InChI is InChI=1S/C10H9NO4S/c11-9-3-1-2-7-8(9)4-6(5-10(7)12)16(13,14)15/h1-5,12H,11H2,(H,13,14,15)/p-1. The molecule has 0 aliphatic heterocycles. The van der Waals surface area contributed by atoms with Crippen LogP contribution in [0.3, 0.4) is 0 Å². The van der Waals surface area contributed by atoms with Crippen LogP contribution >= 0.6 is 0 Å². The first-order chi connectivity index (χ1) is 7.39. The summed E-state index contributed by atoms with van der Waals surface area (Å²) in [6.45, 7) is 0. The highest BCUT2D eigenvalue weighted by Crippen LogP contribution is 2.31. The lowest BCUT2D eigenvalue weighted by molar-refractivity contribution is 0.458. The van der Waals surface area contributed by atoms with Crippen LogP contribution in [0.15, 0.2) is 35.2 Å². The van der Waals surface area contributed by atoms with Crippen molar-refractivity contribution < 1.29 is 18.1 Å². The van der Waals surface area contributed by atoms with Crippen LogP contribution in [0.25, 0.3) is 10.8 Å². The van der Waals surface area contributed by atoms with Gasteiger partial charge in [-0.25, -0.2) is 8.42 Å². The summed E-state index contributed by atoms with van der Waals surface area (Å²) in [6.07, 6.45) is 0. The first-order valence-corrected chi connectivity index (χ1v) is 5.77. The van der Waals surface area contributed by atoms with Crippen LogP contribution in [-0.4, -0.2) is 18.1 Å². The molecule has 0 radical (unpaired) electrons. The molecule has 0 unspecified atom stereocenters. The maximum atomic E-state index is 10.8. The highest BCUT2D eigenvalue weighted by molar-refractivity contribution is 7.85. The van der Waals surface area contributed by atoms with Crippen LogP contribution in [0.2, 0.25) is 0 Å². The number of fused-ring (bicyclic) bond motifs is 1. The van der Waals surface area contributed by atoms with Gasteiger partial charge in [-0.1, -0.05) is 12.1 Å². The number of aromatic hydroxyl groups is 1. The maximum Gasteiger partial charge on any atom is 0.124 e. The van der Waals surface area contributed by atoms with Crippen molar-refractivity contribution in [3.63, 3.8) is 0 Å². The van der Waals surface area contributed by atoms with Crippen molar-refractivity contribution >= 4 is 26.6 Å². The molecular weight excluding hydrogens is 230 g/mol. The van der Waals surface area contributed by atoms with E-state index in [0.29, 0.717) is 16.5 Å². The Morgan fingerprint density at radius 3 is 2.50 bits per heavy atom. The molecule has 0 spiro atoms. The highest BCUT2D eigenvalue weighted by atomic mass is 32.2. The summed E-state index contributed by atoms with van der Waals surface area (Å²) < 4.78 is 32.5. The molecular formula is C10H8NO4S-. The average Bonchev–Trinajstić information content (AvgIpc) is 2.18. The largest absolute Gasteiger partial charge is 0.744 e. The van der Waals surface area contributed by atoms with Gasteiger partial charge in [0.25, 0.3) is 0 Å². The summed E-state index contributed by atoms with van der Waals surface area (Å²) in [5.41, 5.74) is 5.93. The quantitative estimate of drug-likeness (QED) is 0.570. The molecule has 0 bridgehead atoms. The third-order valence-corrected chi connectivity index (χ3v) is 3.08. The molecule has 5 nitrogen and oxygen atoms in total. The Hall–Kier alpha value is -1.79. The molecule has 0 saturated carbocycles. The Balaban J connectivity index is 2.91. The molecule has 0 amide bonds. The summed E-state index contributed by atoms with van der Waals surface area (Å²) in [7, 11) is -4.60. The van der Waals surface area contributed by atoms with Crippen LogP contribution in [0, 0.1) is 0 Å². The van der Waals surface area contributed by atoms with Crippen molar-refractivity contribution in [2.24, 2.45) is 0 Å². The lowest BCUT2D eigenvalue weighted by atomic mass is 10.1. The SMILES string of the molecule is Nc1cccc2c(O)cc(S(=O)(=O)[O-])cc12. The number of benzene rings is 2. The van der Waals surface area contributed by atoms with Gasteiger partial charge in [-0.2, -0.15) is 0 Å². The van der Waals surface area contributed by atoms with Crippen LogP contribution in [-0.2, 0) is 10.1 Å². The van der Waals surface area contributed by atoms with E-state index in [4.69, 9.17) is 5.73 Å². The van der Waals surface area contributed by atoms with Crippen molar-refractivity contribution in [3.8, 4) is 5.75 Å². The number of nitrogen functional groups attached to an aromatic ring is 1. The Labute approximate surface area is 91.9 Å². The van der Waals surface area contributed by atoms with Gasteiger partial charge < -0.3 is 15.4 Å². The van der Waals surface area contributed by atoms with E-state index in [-0.39, 0.29) is 5.75 Å². The Bertz CT molecular complexity index is 664. The highest BCUT2D eigenvalue weighted by Gasteiger charge is 2.09. The van der Waals surface area contributed by atoms with Crippen LogP contribution in [0.1, 0.15) is 0 Å². The molecule has 6 heteroatoms. The van der Waals surface area contributed by atoms with Gasteiger partial charge in [-0.15, -0.1) is 0 Å². The van der Waals surface area contributed by atoms with Crippen LogP contribution < -0.4 is 5.73 Å². The van der Waals surface area contributed by atoms with Gasteiger partial charge in [0, 0.05) is 16.5 Å². The monoisotopic (exact) mass is 238 g/mol. The minimum Gasteiger partial charge on any atom is -0.744 e. The zero-order valence-corrected chi connectivity index (χ0v) is 8.86. The van der Waals surface area contributed by atoms with E-state index < -0.39 is 15.0 Å². The molecule has 0 fully saturated rings. The molecule has 0 heterocycles. The summed E-state index contributed by atoms with van der Waals surface area (Å²) in [6, 6.07) is 6.85. The predicted molar refractivity (Wildman–Crippen MR) is 58.0 cm³/mol. The van der Waals surface area contributed by atoms with Crippen molar-refractivity contribution in [3.05, 3.63) is 30.3 Å². The second-order valence-electron chi connectivity index (χ2n) is 3.34. The average molecular weight is 238 g/mol. The summed E-state index contributed by atoms with van der Waals surface area (Å²) >= 11 is 0. The number of hydrogen-bond acceptors (Lipinski definition) is 5. The number of anilines is 1. The predicted octanol–water partition coefficient (Wildman–Crippen LogP) is 1.03. The molecule has 0 aromatic heterocycles. The molecule has 84 valence electrons. The second kappa shape index (κ2) is 3.36. The molecule has 0 saturated heterocycles. The Kier molecular flexibility index (Phi) is 2.25. The number of phenolic OH excluding ortho intramolecular Hbond substituents is 1. The van der Waals surface area contributed by atoms with E-state index in [9.17, 15) is 18.1 Å². The minimum atomic E-state index is -4.60. The first kappa shape index (κ1) is 10.7.